The highest BCUT2D eigenvalue weighted by Gasteiger charge is 2.24. The van der Waals surface area contributed by atoms with Crippen molar-refractivity contribution >= 4 is 49.1 Å². The first-order chi connectivity index (χ1) is 16.3. The molecule has 0 bridgehead atoms. The Hall–Kier alpha value is -3.02. The van der Waals surface area contributed by atoms with E-state index in [2.05, 4.69) is 4.99 Å². The molecule has 0 atom stereocenters. The average molecular weight is 516 g/mol. The van der Waals surface area contributed by atoms with Gasteiger partial charge in [0.05, 0.1) is 32.3 Å². The molecule has 2 aromatic carbocycles. The van der Waals surface area contributed by atoms with Crippen LogP contribution in [0.2, 0.25) is 5.02 Å². The summed E-state index contributed by atoms with van der Waals surface area (Å²) in [5.41, 5.74) is 1.07. The highest BCUT2D eigenvalue weighted by molar-refractivity contribution is 7.89. The van der Waals surface area contributed by atoms with E-state index >= 15 is 0 Å². The fourth-order valence-electron chi connectivity index (χ4n) is 3.37. The van der Waals surface area contributed by atoms with Gasteiger partial charge in [-0.3, -0.25) is 4.79 Å². The number of benzene rings is 2. The molecule has 8 nitrogen and oxygen atoms in total. The predicted molar refractivity (Wildman–Crippen MR) is 131 cm³/mol. The van der Waals surface area contributed by atoms with Crippen LogP contribution in [0.3, 0.4) is 0 Å². The van der Waals surface area contributed by atoms with Gasteiger partial charge in [0, 0.05) is 38.0 Å². The number of aryl methyl sites for hydroxylation is 1. The molecule has 1 heterocycles. The molecule has 11 heteroatoms. The van der Waals surface area contributed by atoms with Crippen molar-refractivity contribution in [1.82, 2.24) is 8.87 Å². The zero-order valence-electron chi connectivity index (χ0n) is 18.4. The lowest BCUT2D eigenvalue weighted by atomic mass is 10.2. The highest BCUT2D eigenvalue weighted by atomic mass is 35.5. The normalized spacial score (nSPS) is 12.1. The third-order valence-corrected chi connectivity index (χ3v) is 8.24. The van der Waals surface area contributed by atoms with Gasteiger partial charge >= 0.3 is 0 Å². The first-order valence-electron chi connectivity index (χ1n) is 10.5. The minimum atomic E-state index is -3.91. The van der Waals surface area contributed by atoms with E-state index in [1.165, 1.54) is 35.6 Å². The maximum Gasteiger partial charge on any atom is 0.279 e. The molecule has 1 aromatic heterocycles. The summed E-state index contributed by atoms with van der Waals surface area (Å²) in [7, 11) is -3.91. The number of hydrogen-bond donors (Lipinski definition) is 0. The molecule has 0 aliphatic rings. The van der Waals surface area contributed by atoms with Gasteiger partial charge in [0.15, 0.2) is 4.80 Å². The lowest BCUT2D eigenvalue weighted by Gasteiger charge is -2.20. The van der Waals surface area contributed by atoms with Gasteiger partial charge in [-0.05, 0) is 42.8 Å². The molecule has 0 aliphatic carbocycles. The quantitative estimate of drug-likeness (QED) is 0.420. The fraction of sp³-hybridized carbons (Fsp3) is 0.304. The monoisotopic (exact) mass is 515 g/mol. The lowest BCUT2D eigenvalue weighted by Crippen LogP contribution is -2.32. The van der Waals surface area contributed by atoms with Crippen molar-refractivity contribution in [2.24, 2.45) is 4.99 Å². The molecule has 0 saturated heterocycles. The van der Waals surface area contributed by atoms with Crippen molar-refractivity contribution in [2.45, 2.75) is 37.6 Å². The first-order valence-corrected chi connectivity index (χ1v) is 13.2. The maximum atomic E-state index is 12.9. The Bertz CT molecular complexity index is 1430. The van der Waals surface area contributed by atoms with Crippen molar-refractivity contribution < 1.29 is 13.2 Å². The minimum absolute atomic E-state index is 0.0110. The first kappa shape index (κ1) is 25.6. The Morgan fingerprint density at radius 2 is 1.76 bits per heavy atom. The smallest absolute Gasteiger partial charge is 0.279 e. The van der Waals surface area contributed by atoms with Crippen molar-refractivity contribution in [1.29, 1.82) is 10.5 Å². The fourth-order valence-corrected chi connectivity index (χ4v) is 6.23. The third-order valence-electron chi connectivity index (χ3n) is 4.98. The van der Waals surface area contributed by atoms with Crippen LogP contribution in [0.1, 0.15) is 36.5 Å². The number of hydrogen-bond acceptors (Lipinski definition) is 6. The number of thiazole rings is 1. The number of halogens is 1. The second-order valence-electron chi connectivity index (χ2n) is 7.28. The molecule has 176 valence electrons. The van der Waals surface area contributed by atoms with Crippen molar-refractivity contribution in [3.05, 3.63) is 57.9 Å². The third kappa shape index (κ3) is 5.54. The van der Waals surface area contributed by atoms with Crippen LogP contribution in [-0.2, 0) is 16.6 Å². The summed E-state index contributed by atoms with van der Waals surface area (Å²) in [5.74, 6) is -0.498. The van der Waals surface area contributed by atoms with E-state index in [4.69, 9.17) is 22.1 Å². The molecule has 0 N–H and O–H groups in total. The van der Waals surface area contributed by atoms with Crippen LogP contribution >= 0.6 is 22.9 Å². The number of carbonyl (C=O) groups excluding carboxylic acids is 1. The zero-order chi connectivity index (χ0) is 24.7. The zero-order valence-corrected chi connectivity index (χ0v) is 20.8. The van der Waals surface area contributed by atoms with Gasteiger partial charge in [0.2, 0.25) is 10.0 Å². The summed E-state index contributed by atoms with van der Waals surface area (Å²) in [5, 5.41) is 18.2. The van der Waals surface area contributed by atoms with Gasteiger partial charge in [-0.1, -0.05) is 35.9 Å². The van der Waals surface area contributed by atoms with Crippen molar-refractivity contribution in [3.8, 4) is 12.1 Å². The molecule has 0 aliphatic heterocycles. The van der Waals surface area contributed by atoms with Crippen LogP contribution in [0.15, 0.2) is 52.4 Å². The van der Waals surface area contributed by atoms with Crippen LogP contribution in [0.4, 0.5) is 0 Å². The average Bonchev–Trinajstić information content (AvgIpc) is 3.17. The maximum absolute atomic E-state index is 12.9. The van der Waals surface area contributed by atoms with Gasteiger partial charge < -0.3 is 4.57 Å². The number of aromatic nitrogens is 1. The van der Waals surface area contributed by atoms with Crippen molar-refractivity contribution in [3.63, 3.8) is 0 Å². The standard InChI is InChI=1S/C23H22ClN5O3S2/c1-2-14-29-21-19(24)6-3-7-20(21)33-23(29)27-22(30)17-8-10-18(11-9-17)34(31,32)28(15-4-12-25)16-5-13-26/h3,6-11H,2,4-5,14-16H2,1H3. The summed E-state index contributed by atoms with van der Waals surface area (Å²) in [6.07, 6.45) is 0.854. The number of fused-ring (bicyclic) bond motifs is 1. The molecule has 1 amide bonds. The lowest BCUT2D eigenvalue weighted by molar-refractivity contribution is 0.0997. The second kappa shape index (κ2) is 11.4. The van der Waals surface area contributed by atoms with E-state index in [-0.39, 0.29) is 36.4 Å². The topological polar surface area (TPSA) is 119 Å². The van der Waals surface area contributed by atoms with Crippen molar-refractivity contribution in [2.75, 3.05) is 13.1 Å². The number of nitriles is 2. The van der Waals surface area contributed by atoms with Crippen LogP contribution in [0.25, 0.3) is 10.2 Å². The molecule has 0 unspecified atom stereocenters. The molecule has 3 aromatic rings. The number of para-hydroxylation sites is 1. The van der Waals surface area contributed by atoms with Gasteiger partial charge in [-0.2, -0.15) is 19.8 Å². The molecule has 0 radical (unpaired) electrons. The van der Waals surface area contributed by atoms with Crippen LogP contribution in [-0.4, -0.2) is 36.3 Å². The second-order valence-corrected chi connectivity index (χ2v) is 10.6. The largest absolute Gasteiger partial charge is 0.315 e. The molecule has 3 rings (SSSR count). The van der Waals surface area contributed by atoms with Crippen LogP contribution in [0, 0.1) is 22.7 Å². The molecule has 0 spiro atoms. The van der Waals surface area contributed by atoms with E-state index < -0.39 is 15.9 Å². The van der Waals surface area contributed by atoms with E-state index in [1.54, 1.807) is 6.07 Å². The van der Waals surface area contributed by atoms with E-state index in [0.29, 0.717) is 16.4 Å². The molecule has 0 fully saturated rings. The van der Waals surface area contributed by atoms with Gasteiger partial charge in [-0.15, -0.1) is 0 Å². The predicted octanol–water partition coefficient (Wildman–Crippen LogP) is 4.33. The van der Waals surface area contributed by atoms with E-state index in [9.17, 15) is 13.2 Å². The molecule has 0 saturated carbocycles. The number of sulfonamides is 1. The Morgan fingerprint density at radius 1 is 1.12 bits per heavy atom. The number of carbonyl (C=O) groups is 1. The van der Waals surface area contributed by atoms with Gasteiger partial charge in [0.1, 0.15) is 0 Å². The highest BCUT2D eigenvalue weighted by Crippen LogP contribution is 2.25. The van der Waals surface area contributed by atoms with Crippen LogP contribution < -0.4 is 4.80 Å². The summed E-state index contributed by atoms with van der Waals surface area (Å²) in [4.78, 5) is 17.7. The summed E-state index contributed by atoms with van der Waals surface area (Å²) < 4.78 is 29.8. The van der Waals surface area contributed by atoms with Gasteiger partial charge in [0.25, 0.3) is 5.91 Å². The molecule has 34 heavy (non-hydrogen) atoms. The SMILES string of the molecule is CCCn1c(=NC(=O)c2ccc(S(=O)(=O)N(CCC#N)CCC#N)cc2)sc2cccc(Cl)c21. The number of rotatable bonds is 9. The Labute approximate surface area is 207 Å². The Morgan fingerprint density at radius 3 is 2.35 bits per heavy atom. The Balaban J connectivity index is 1.93. The molecular weight excluding hydrogens is 494 g/mol. The van der Waals surface area contributed by atoms with E-state index in [0.717, 1.165) is 20.9 Å². The molecular formula is C23H22ClN5O3S2. The minimum Gasteiger partial charge on any atom is -0.315 e. The number of nitrogens with zero attached hydrogens (tertiary/aromatic N) is 5. The van der Waals surface area contributed by atoms with E-state index in [1.807, 2.05) is 35.8 Å². The van der Waals surface area contributed by atoms with Gasteiger partial charge in [-0.25, -0.2) is 8.42 Å². The summed E-state index contributed by atoms with van der Waals surface area (Å²) in [6, 6.07) is 14.9. The summed E-state index contributed by atoms with van der Waals surface area (Å²) in [6.45, 7) is 2.65. The summed E-state index contributed by atoms with van der Waals surface area (Å²) >= 11 is 7.74. The number of amides is 1. The Kier molecular flexibility index (Phi) is 8.59. The van der Waals surface area contributed by atoms with Crippen LogP contribution in [0.5, 0.6) is 0 Å².